The standard InChI is InChI=1S/C18H19N5O4/c1-27-7-3-6-23-15-14(9-12(10-20-15)17(25)26)21-18(23)22-16(24)11-4-2-5-13(19)8-11/h2,4-5,8-10H,3,6-7,19H2,1H3,(H,25,26)(H,21,22,24). The fourth-order valence-corrected chi connectivity index (χ4v) is 2.66. The number of anilines is 2. The van der Waals surface area contributed by atoms with Gasteiger partial charge in [-0.15, -0.1) is 0 Å². The van der Waals surface area contributed by atoms with E-state index in [1.165, 1.54) is 12.3 Å². The highest BCUT2D eigenvalue weighted by molar-refractivity contribution is 6.04. The number of nitrogens with two attached hydrogens (primary N) is 1. The van der Waals surface area contributed by atoms with Gasteiger partial charge in [-0.1, -0.05) is 6.07 Å². The van der Waals surface area contributed by atoms with Gasteiger partial charge in [0.15, 0.2) is 5.65 Å². The Morgan fingerprint density at radius 3 is 2.81 bits per heavy atom. The number of ether oxygens (including phenoxy) is 1. The van der Waals surface area contributed by atoms with Gasteiger partial charge >= 0.3 is 5.97 Å². The highest BCUT2D eigenvalue weighted by Gasteiger charge is 2.17. The van der Waals surface area contributed by atoms with Crippen molar-refractivity contribution in [3.63, 3.8) is 0 Å². The minimum absolute atomic E-state index is 0.0257. The van der Waals surface area contributed by atoms with Gasteiger partial charge in [0.1, 0.15) is 5.52 Å². The molecule has 0 spiro atoms. The summed E-state index contributed by atoms with van der Waals surface area (Å²) in [6.07, 6.45) is 1.94. The zero-order valence-electron chi connectivity index (χ0n) is 14.7. The Bertz CT molecular complexity index is 999. The van der Waals surface area contributed by atoms with Crippen molar-refractivity contribution in [2.24, 2.45) is 0 Å². The van der Waals surface area contributed by atoms with E-state index in [1.54, 1.807) is 35.9 Å². The monoisotopic (exact) mass is 369 g/mol. The lowest BCUT2D eigenvalue weighted by Gasteiger charge is -2.09. The topological polar surface area (TPSA) is 132 Å². The fourth-order valence-electron chi connectivity index (χ4n) is 2.66. The van der Waals surface area contributed by atoms with E-state index in [1.807, 2.05) is 0 Å². The summed E-state index contributed by atoms with van der Waals surface area (Å²) in [5, 5.41) is 11.9. The Labute approximate surface area is 154 Å². The summed E-state index contributed by atoms with van der Waals surface area (Å²) in [6.45, 7) is 1.02. The van der Waals surface area contributed by atoms with Crippen LogP contribution in [0.5, 0.6) is 0 Å². The Morgan fingerprint density at radius 2 is 2.11 bits per heavy atom. The fraction of sp³-hybridized carbons (Fsp3) is 0.222. The summed E-state index contributed by atoms with van der Waals surface area (Å²) in [5.41, 5.74) is 7.49. The molecule has 1 aromatic carbocycles. The number of rotatable bonds is 7. The molecule has 0 radical (unpaired) electrons. The van der Waals surface area contributed by atoms with E-state index in [0.717, 1.165) is 0 Å². The van der Waals surface area contributed by atoms with Crippen LogP contribution in [0.1, 0.15) is 27.1 Å². The third-order valence-corrected chi connectivity index (χ3v) is 3.94. The molecule has 4 N–H and O–H groups in total. The molecule has 0 saturated heterocycles. The molecule has 0 aliphatic heterocycles. The van der Waals surface area contributed by atoms with Crippen molar-refractivity contribution >= 4 is 34.7 Å². The van der Waals surface area contributed by atoms with Gasteiger partial charge in [0, 0.05) is 37.7 Å². The van der Waals surface area contributed by atoms with Crippen molar-refractivity contribution in [1.82, 2.24) is 14.5 Å². The number of carboxylic acids is 1. The quantitative estimate of drug-likeness (QED) is 0.428. The smallest absolute Gasteiger partial charge is 0.337 e. The maximum absolute atomic E-state index is 12.5. The van der Waals surface area contributed by atoms with Gasteiger partial charge in [0.25, 0.3) is 5.91 Å². The van der Waals surface area contributed by atoms with Crippen LogP contribution in [0.2, 0.25) is 0 Å². The number of nitrogens with one attached hydrogen (secondary N) is 1. The number of carbonyl (C=O) groups excluding carboxylic acids is 1. The third-order valence-electron chi connectivity index (χ3n) is 3.94. The van der Waals surface area contributed by atoms with Gasteiger partial charge in [-0.25, -0.2) is 14.8 Å². The molecular weight excluding hydrogens is 350 g/mol. The summed E-state index contributed by atoms with van der Waals surface area (Å²) in [6, 6.07) is 8.01. The van der Waals surface area contributed by atoms with E-state index in [2.05, 4.69) is 15.3 Å². The van der Waals surface area contributed by atoms with Crippen LogP contribution in [-0.2, 0) is 11.3 Å². The number of fused-ring (bicyclic) bond motifs is 1. The number of carbonyl (C=O) groups is 2. The Balaban J connectivity index is 1.97. The van der Waals surface area contributed by atoms with Crippen LogP contribution in [0.25, 0.3) is 11.2 Å². The first-order chi connectivity index (χ1) is 13.0. The average Bonchev–Trinajstić information content (AvgIpc) is 2.98. The minimum Gasteiger partial charge on any atom is -0.478 e. The van der Waals surface area contributed by atoms with Crippen molar-refractivity contribution < 1.29 is 19.4 Å². The Morgan fingerprint density at radius 1 is 1.30 bits per heavy atom. The van der Waals surface area contributed by atoms with Crippen molar-refractivity contribution in [3.8, 4) is 0 Å². The van der Waals surface area contributed by atoms with Crippen LogP contribution in [0, 0.1) is 0 Å². The molecule has 0 bridgehead atoms. The molecular formula is C18H19N5O4. The van der Waals surface area contributed by atoms with Crippen LogP contribution in [-0.4, -0.2) is 45.2 Å². The van der Waals surface area contributed by atoms with Gasteiger partial charge in [0.05, 0.1) is 5.56 Å². The predicted octanol–water partition coefficient (Wildman–Crippen LogP) is 2.00. The maximum atomic E-state index is 12.5. The van der Waals surface area contributed by atoms with Gasteiger partial charge in [-0.2, -0.15) is 0 Å². The van der Waals surface area contributed by atoms with Crippen LogP contribution in [0.3, 0.4) is 0 Å². The van der Waals surface area contributed by atoms with Crippen molar-refractivity contribution in [2.45, 2.75) is 13.0 Å². The zero-order chi connectivity index (χ0) is 19.4. The number of aryl methyl sites for hydroxylation is 1. The molecule has 0 fully saturated rings. The molecule has 3 aromatic rings. The second kappa shape index (κ2) is 7.83. The van der Waals surface area contributed by atoms with Crippen LogP contribution in [0.15, 0.2) is 36.5 Å². The summed E-state index contributed by atoms with van der Waals surface area (Å²) >= 11 is 0. The number of amides is 1. The van der Waals surface area contributed by atoms with Gasteiger partial charge < -0.3 is 15.6 Å². The number of benzene rings is 1. The normalized spacial score (nSPS) is 10.9. The molecule has 9 nitrogen and oxygen atoms in total. The zero-order valence-corrected chi connectivity index (χ0v) is 14.7. The number of hydrogen-bond donors (Lipinski definition) is 3. The number of aromatic carboxylic acids is 1. The summed E-state index contributed by atoms with van der Waals surface area (Å²) < 4.78 is 6.80. The first-order valence-electron chi connectivity index (χ1n) is 8.25. The predicted molar refractivity (Wildman–Crippen MR) is 99.8 cm³/mol. The minimum atomic E-state index is -1.09. The number of imidazole rings is 1. The number of aromatic nitrogens is 3. The second-order valence-electron chi connectivity index (χ2n) is 5.88. The first-order valence-corrected chi connectivity index (χ1v) is 8.25. The number of nitrogens with zero attached hydrogens (tertiary/aromatic N) is 3. The number of methoxy groups -OCH3 is 1. The van der Waals surface area contributed by atoms with Crippen molar-refractivity contribution in [1.29, 1.82) is 0 Å². The summed E-state index contributed by atoms with van der Waals surface area (Å²) in [4.78, 5) is 32.3. The molecule has 0 atom stereocenters. The van der Waals surface area contributed by atoms with Crippen LogP contribution >= 0.6 is 0 Å². The van der Waals surface area contributed by atoms with Crippen molar-refractivity contribution in [3.05, 3.63) is 47.7 Å². The molecule has 1 amide bonds. The number of nitrogen functional groups attached to an aromatic ring is 1. The van der Waals surface area contributed by atoms with Crippen molar-refractivity contribution in [2.75, 3.05) is 24.8 Å². The highest BCUT2D eigenvalue weighted by atomic mass is 16.5. The van der Waals surface area contributed by atoms with Gasteiger partial charge in [-0.05, 0) is 30.7 Å². The number of pyridine rings is 1. The van der Waals surface area contributed by atoms with Gasteiger partial charge in [0.2, 0.25) is 5.95 Å². The van der Waals surface area contributed by atoms with E-state index in [-0.39, 0.29) is 17.4 Å². The molecule has 9 heteroatoms. The average molecular weight is 369 g/mol. The second-order valence-corrected chi connectivity index (χ2v) is 5.88. The number of carboxylic acid groups (broad SMARTS) is 1. The van der Waals surface area contributed by atoms with E-state index >= 15 is 0 Å². The maximum Gasteiger partial charge on any atom is 0.337 e. The molecule has 0 aliphatic rings. The van der Waals surface area contributed by atoms with E-state index in [9.17, 15) is 9.59 Å². The first kappa shape index (κ1) is 18.3. The molecule has 0 aliphatic carbocycles. The van der Waals surface area contributed by atoms with E-state index < -0.39 is 5.97 Å². The molecule has 2 heterocycles. The summed E-state index contributed by atoms with van der Waals surface area (Å²) in [7, 11) is 1.60. The van der Waals surface area contributed by atoms with Crippen LogP contribution < -0.4 is 11.1 Å². The molecule has 140 valence electrons. The number of hydrogen-bond acceptors (Lipinski definition) is 6. The van der Waals surface area contributed by atoms with Crippen LogP contribution in [0.4, 0.5) is 11.6 Å². The molecule has 3 rings (SSSR count). The van der Waals surface area contributed by atoms with E-state index in [0.29, 0.717) is 42.0 Å². The summed E-state index contributed by atoms with van der Waals surface area (Å²) in [5.74, 6) is -1.18. The molecule has 0 unspecified atom stereocenters. The van der Waals surface area contributed by atoms with E-state index in [4.69, 9.17) is 15.6 Å². The van der Waals surface area contributed by atoms with Gasteiger partial charge in [-0.3, -0.25) is 14.7 Å². The Kier molecular flexibility index (Phi) is 5.32. The molecule has 2 aromatic heterocycles. The third kappa shape index (κ3) is 4.04. The largest absolute Gasteiger partial charge is 0.478 e. The lowest BCUT2D eigenvalue weighted by molar-refractivity contribution is 0.0696. The molecule has 0 saturated carbocycles. The lowest BCUT2D eigenvalue weighted by atomic mass is 10.2. The highest BCUT2D eigenvalue weighted by Crippen LogP contribution is 2.20. The lowest BCUT2D eigenvalue weighted by Crippen LogP contribution is -2.17. The SMILES string of the molecule is COCCCn1c(NC(=O)c2cccc(N)c2)nc2cc(C(=O)O)cnc21. The Hall–Kier alpha value is -3.46. The molecule has 27 heavy (non-hydrogen) atoms.